The number of piperidine rings is 2. The Hall–Kier alpha value is -1.44. The molecule has 180 valence electrons. The highest BCUT2D eigenvalue weighted by Gasteiger charge is 2.95. The summed E-state index contributed by atoms with van der Waals surface area (Å²) >= 11 is 0. The van der Waals surface area contributed by atoms with Gasteiger partial charge in [-0.1, -0.05) is 32.9 Å². The van der Waals surface area contributed by atoms with Crippen LogP contribution in [0.15, 0.2) is 12.2 Å². The van der Waals surface area contributed by atoms with E-state index in [1.54, 1.807) is 0 Å². The lowest BCUT2D eigenvalue weighted by Crippen LogP contribution is -2.77. The third kappa shape index (κ3) is 1.90. The second-order valence-corrected chi connectivity index (χ2v) is 13.1. The maximum atomic E-state index is 12.7. The molecule has 3 aliphatic heterocycles. The van der Waals surface area contributed by atoms with Crippen molar-refractivity contribution in [2.24, 2.45) is 39.9 Å². The van der Waals surface area contributed by atoms with Gasteiger partial charge in [-0.15, -0.1) is 0 Å². The Bertz CT molecular complexity index is 1010. The maximum absolute atomic E-state index is 12.7. The van der Waals surface area contributed by atoms with Gasteiger partial charge in [-0.25, -0.2) is 0 Å². The number of esters is 2. The first kappa shape index (κ1) is 20.9. The van der Waals surface area contributed by atoms with Crippen molar-refractivity contribution in [1.29, 1.82) is 0 Å². The van der Waals surface area contributed by atoms with Crippen molar-refractivity contribution in [3.05, 3.63) is 12.2 Å². The zero-order chi connectivity index (χ0) is 23.5. The molecule has 9 aliphatic rings. The first-order valence-corrected chi connectivity index (χ1v) is 12.6. The molecule has 7 heteroatoms. The van der Waals surface area contributed by atoms with Crippen molar-refractivity contribution in [2.45, 2.75) is 89.4 Å². The summed E-state index contributed by atoms with van der Waals surface area (Å²) in [7, 11) is 0. The van der Waals surface area contributed by atoms with Crippen molar-refractivity contribution in [3.63, 3.8) is 0 Å². The van der Waals surface area contributed by atoms with Crippen LogP contribution in [0.4, 0.5) is 0 Å². The van der Waals surface area contributed by atoms with E-state index in [1.807, 2.05) is 13.8 Å². The lowest BCUT2D eigenvalue weighted by molar-refractivity contribution is -0.284. The molecule has 9 bridgehead atoms. The van der Waals surface area contributed by atoms with Crippen molar-refractivity contribution >= 4 is 11.9 Å². The third-order valence-electron chi connectivity index (χ3n) is 11.3. The average Bonchev–Trinajstić information content (AvgIpc) is 3.10. The van der Waals surface area contributed by atoms with E-state index >= 15 is 0 Å². The number of aliphatic hydroxyl groups is 2. The van der Waals surface area contributed by atoms with Crippen LogP contribution in [0.5, 0.6) is 0 Å². The summed E-state index contributed by atoms with van der Waals surface area (Å²) < 4.78 is 11.9. The quantitative estimate of drug-likeness (QED) is 0.491. The number of nitrogens with zero attached hydrogens (tertiary/aromatic N) is 1. The van der Waals surface area contributed by atoms with Crippen LogP contribution >= 0.6 is 0 Å². The Balaban J connectivity index is 1.41. The fourth-order valence-corrected chi connectivity index (χ4v) is 11.3. The molecule has 3 saturated heterocycles. The van der Waals surface area contributed by atoms with E-state index in [-0.39, 0.29) is 40.8 Å². The maximum Gasteiger partial charge on any atom is 0.308 e. The lowest BCUT2D eigenvalue weighted by Gasteiger charge is -2.68. The van der Waals surface area contributed by atoms with Gasteiger partial charge in [0.05, 0.1) is 12.0 Å². The molecule has 9 fully saturated rings. The van der Waals surface area contributed by atoms with E-state index in [9.17, 15) is 19.8 Å². The molecule has 1 unspecified atom stereocenters. The standard InChI is InChI=1S/C26H35NO6/c1-11(2)21(30)33-14-7-23(5)10-27-15-9-24-6-12(3)16-17(29)19(24)25(8-14,18(15)23)22(27)26(24,31)20(16)32-13(4)28/h11,14-20,22,29,31H,3,6-10H2,1-2,4-5H3/t14-,15-,16+,17+,18+,19+,20-,22-,23-,24+,25-,26-/m0/s1. The van der Waals surface area contributed by atoms with Gasteiger partial charge in [-0.2, -0.15) is 0 Å². The Labute approximate surface area is 194 Å². The van der Waals surface area contributed by atoms with Gasteiger partial charge in [-0.3, -0.25) is 14.5 Å². The minimum absolute atomic E-state index is 0.0241. The zero-order valence-electron chi connectivity index (χ0n) is 19.9. The molecule has 3 heterocycles. The predicted molar refractivity (Wildman–Crippen MR) is 117 cm³/mol. The second-order valence-electron chi connectivity index (χ2n) is 13.1. The number of hydrogen-bond donors (Lipinski definition) is 2. The fourth-order valence-electron chi connectivity index (χ4n) is 11.3. The van der Waals surface area contributed by atoms with E-state index in [1.165, 1.54) is 6.92 Å². The second kappa shape index (κ2) is 5.68. The SMILES string of the molecule is C=C1C[C@@]23C[C@H]4[C@@H]5[C@@]6(C)C[C@H](OC(=O)C(C)C)C[C@@]57[C@@H]2[C@H](O)[C@@H]1[C@H](OC(C)=O)[C@]3(O)[C@H]7N4C6. The van der Waals surface area contributed by atoms with Crippen molar-refractivity contribution in [1.82, 2.24) is 4.90 Å². The first-order chi connectivity index (χ1) is 15.4. The molecule has 9 rings (SSSR count). The molecule has 33 heavy (non-hydrogen) atoms. The largest absolute Gasteiger partial charge is 0.462 e. The molecule has 0 aromatic heterocycles. The minimum Gasteiger partial charge on any atom is -0.462 e. The summed E-state index contributed by atoms with van der Waals surface area (Å²) in [4.78, 5) is 27.3. The number of aliphatic hydroxyl groups excluding tert-OH is 1. The third-order valence-corrected chi connectivity index (χ3v) is 11.3. The Morgan fingerprint density at radius 3 is 2.58 bits per heavy atom. The van der Waals surface area contributed by atoms with Gasteiger partial charge in [0.1, 0.15) is 17.8 Å². The van der Waals surface area contributed by atoms with Crippen molar-refractivity contribution < 1.29 is 29.3 Å². The van der Waals surface area contributed by atoms with Crippen LogP contribution < -0.4 is 0 Å². The predicted octanol–water partition coefficient (Wildman–Crippen LogP) is 1.66. The van der Waals surface area contributed by atoms with Crippen LogP contribution in [0.25, 0.3) is 0 Å². The van der Waals surface area contributed by atoms with Gasteiger partial charge in [0.25, 0.3) is 0 Å². The molecular formula is C26H35NO6. The monoisotopic (exact) mass is 457 g/mol. The number of rotatable bonds is 3. The molecule has 2 spiro atoms. The van der Waals surface area contributed by atoms with E-state index in [4.69, 9.17) is 9.47 Å². The highest BCUT2D eigenvalue weighted by Crippen LogP contribution is 2.88. The molecule has 0 radical (unpaired) electrons. The fraction of sp³-hybridized carbons (Fsp3) is 0.846. The highest BCUT2D eigenvalue weighted by atomic mass is 16.6. The van der Waals surface area contributed by atoms with E-state index in [2.05, 4.69) is 18.4 Å². The van der Waals surface area contributed by atoms with Gasteiger partial charge in [0, 0.05) is 48.2 Å². The first-order valence-electron chi connectivity index (χ1n) is 12.6. The Morgan fingerprint density at radius 1 is 1.18 bits per heavy atom. The van der Waals surface area contributed by atoms with Crippen LogP contribution in [-0.2, 0) is 19.1 Å². The lowest BCUT2D eigenvalue weighted by atomic mass is 9.39. The average molecular weight is 458 g/mol. The molecular weight excluding hydrogens is 422 g/mol. The van der Waals surface area contributed by atoms with Crippen LogP contribution in [0.2, 0.25) is 0 Å². The van der Waals surface area contributed by atoms with Gasteiger partial charge in [0.15, 0.2) is 0 Å². The summed E-state index contributed by atoms with van der Waals surface area (Å²) in [6, 6.07) is 0.162. The topological polar surface area (TPSA) is 96.3 Å². The van der Waals surface area contributed by atoms with Gasteiger partial charge in [-0.05, 0) is 37.0 Å². The van der Waals surface area contributed by atoms with Crippen LogP contribution in [0.3, 0.4) is 0 Å². The van der Waals surface area contributed by atoms with E-state index < -0.39 is 35.1 Å². The van der Waals surface area contributed by atoms with Gasteiger partial charge >= 0.3 is 11.9 Å². The minimum atomic E-state index is -1.22. The van der Waals surface area contributed by atoms with Gasteiger partial charge in [0.2, 0.25) is 0 Å². The molecule has 7 nitrogen and oxygen atoms in total. The van der Waals surface area contributed by atoms with E-state index in [0.717, 1.165) is 25.0 Å². The molecule has 0 amide bonds. The normalized spacial score (nSPS) is 60.6. The Kier molecular flexibility index (Phi) is 3.60. The highest BCUT2D eigenvalue weighted by molar-refractivity contribution is 5.71. The molecule has 0 aromatic rings. The summed E-state index contributed by atoms with van der Waals surface area (Å²) in [5.74, 6) is -1.01. The summed E-state index contributed by atoms with van der Waals surface area (Å²) in [5, 5.41) is 24.6. The smallest absolute Gasteiger partial charge is 0.308 e. The van der Waals surface area contributed by atoms with Crippen molar-refractivity contribution in [3.8, 4) is 0 Å². The molecule has 6 saturated carbocycles. The van der Waals surface area contributed by atoms with Gasteiger partial charge < -0.3 is 19.7 Å². The number of fused-ring (bicyclic) bond motifs is 1. The van der Waals surface area contributed by atoms with Crippen molar-refractivity contribution in [2.75, 3.05) is 6.54 Å². The molecule has 6 aliphatic carbocycles. The molecule has 2 N–H and O–H groups in total. The number of hydrogen-bond acceptors (Lipinski definition) is 7. The van der Waals surface area contributed by atoms with Crippen LogP contribution in [0.1, 0.15) is 53.4 Å². The number of carbonyl (C=O) groups is 2. The Morgan fingerprint density at radius 2 is 1.91 bits per heavy atom. The summed E-state index contributed by atoms with van der Waals surface area (Å²) in [6.45, 7) is 12.5. The number of ether oxygens (including phenoxy) is 2. The number of carbonyl (C=O) groups excluding carboxylic acids is 2. The van der Waals surface area contributed by atoms with E-state index in [0.29, 0.717) is 24.8 Å². The summed E-state index contributed by atoms with van der Waals surface area (Å²) in [6.07, 6.45) is 1.27. The molecule has 13 atom stereocenters. The summed E-state index contributed by atoms with van der Waals surface area (Å²) in [5.41, 5.74) is -1.24. The zero-order valence-corrected chi connectivity index (χ0v) is 19.9. The van der Waals surface area contributed by atoms with Crippen LogP contribution in [-0.4, -0.2) is 69.6 Å². The molecule has 0 aromatic carbocycles. The van der Waals surface area contributed by atoms with Crippen LogP contribution in [0, 0.1) is 39.9 Å².